The van der Waals surface area contributed by atoms with E-state index in [4.69, 9.17) is 0 Å². The van der Waals surface area contributed by atoms with Gasteiger partial charge in [-0.25, -0.2) is 0 Å². The van der Waals surface area contributed by atoms with E-state index in [0.29, 0.717) is 0 Å². The van der Waals surface area contributed by atoms with E-state index in [9.17, 15) is 0 Å². The average molecular weight is 208 g/mol. The molecule has 0 spiro atoms. The minimum atomic E-state index is 1.15. The molecule has 15 heavy (non-hydrogen) atoms. The highest BCUT2D eigenvalue weighted by Crippen LogP contribution is 2.11. The van der Waals surface area contributed by atoms with Crippen molar-refractivity contribution < 1.29 is 0 Å². The zero-order chi connectivity index (χ0) is 11.3. The summed E-state index contributed by atoms with van der Waals surface area (Å²) in [4.78, 5) is 0. The quantitative estimate of drug-likeness (QED) is 0.639. The summed E-state index contributed by atoms with van der Waals surface area (Å²) in [5.41, 5.74) is 5.80. The maximum Gasteiger partial charge on any atom is 0.0181 e. The summed E-state index contributed by atoms with van der Waals surface area (Å²) in [6.45, 7) is 11.0. The summed E-state index contributed by atoms with van der Waals surface area (Å²) in [5.74, 6) is 0. The Labute approximate surface area is 93.8 Å². The second-order valence-corrected chi connectivity index (χ2v) is 4.52. The zero-order valence-electron chi connectivity index (χ0n) is 10.5. The Morgan fingerprint density at radius 3 is 1.53 bits per heavy atom. The average Bonchev–Trinajstić information content (AvgIpc) is 2.57. The highest BCUT2D eigenvalue weighted by molar-refractivity contribution is 5.13. The topological polar surface area (TPSA) is 24.1 Å². The molecule has 0 aliphatic carbocycles. The van der Waals surface area contributed by atoms with Gasteiger partial charge < -0.3 is 10.6 Å². The smallest absolute Gasteiger partial charge is 0.0181 e. The number of hydrogen-bond acceptors (Lipinski definition) is 2. The van der Waals surface area contributed by atoms with E-state index < -0.39 is 0 Å². The molecule has 0 fully saturated rings. The summed E-state index contributed by atoms with van der Waals surface area (Å²) < 4.78 is 0. The number of rotatable bonds is 0. The molecule has 2 N–H and O–H groups in total. The first-order valence-corrected chi connectivity index (χ1v) is 5.91. The van der Waals surface area contributed by atoms with Crippen molar-refractivity contribution in [3.63, 3.8) is 0 Å². The van der Waals surface area contributed by atoms with Gasteiger partial charge in [-0.15, -0.1) is 0 Å². The van der Waals surface area contributed by atoms with E-state index in [1.807, 2.05) is 0 Å². The Hall–Kier alpha value is -0.920. The third-order valence-electron chi connectivity index (χ3n) is 3.29. The van der Waals surface area contributed by atoms with Crippen molar-refractivity contribution in [1.82, 2.24) is 10.6 Å². The molecule has 0 bridgehead atoms. The first-order chi connectivity index (χ1) is 7.11. The van der Waals surface area contributed by atoms with Crippen LogP contribution in [0.25, 0.3) is 0 Å². The van der Waals surface area contributed by atoms with Gasteiger partial charge in [0.2, 0.25) is 0 Å². The van der Waals surface area contributed by atoms with Crippen LogP contribution < -0.4 is 10.6 Å². The largest absolute Gasteiger partial charge is 0.389 e. The van der Waals surface area contributed by atoms with E-state index in [2.05, 4.69) is 38.3 Å². The standard InChI is InChI=1S/C7H13N.C6H11N/c1-6-4-3-5-8-7(6)2;1-5-3-4-7-6(5)2/h8H,3-5H2,1-2H3;7H,3-4H2,1-2H3. The number of allylic oxidation sites excluding steroid dienone is 3. The van der Waals surface area contributed by atoms with Crippen LogP contribution >= 0.6 is 0 Å². The van der Waals surface area contributed by atoms with Crippen molar-refractivity contribution in [2.75, 3.05) is 13.1 Å². The minimum Gasteiger partial charge on any atom is -0.389 e. The van der Waals surface area contributed by atoms with Gasteiger partial charge in [0.15, 0.2) is 0 Å². The Morgan fingerprint density at radius 2 is 1.27 bits per heavy atom. The van der Waals surface area contributed by atoms with Crippen molar-refractivity contribution in [2.24, 2.45) is 0 Å². The molecule has 0 unspecified atom stereocenters. The molecule has 2 nitrogen and oxygen atoms in total. The summed E-state index contributed by atoms with van der Waals surface area (Å²) in [6.07, 6.45) is 3.84. The van der Waals surface area contributed by atoms with E-state index in [1.165, 1.54) is 48.3 Å². The van der Waals surface area contributed by atoms with Crippen molar-refractivity contribution >= 4 is 0 Å². The van der Waals surface area contributed by atoms with Gasteiger partial charge in [-0.2, -0.15) is 0 Å². The summed E-state index contributed by atoms with van der Waals surface area (Å²) in [5, 5.41) is 6.56. The molecule has 0 atom stereocenters. The van der Waals surface area contributed by atoms with Gasteiger partial charge in [0.25, 0.3) is 0 Å². The minimum absolute atomic E-state index is 1.15. The van der Waals surface area contributed by atoms with Gasteiger partial charge in [-0.3, -0.25) is 0 Å². The Balaban J connectivity index is 0.000000151. The normalized spacial score (nSPS) is 20.5. The monoisotopic (exact) mass is 208 g/mol. The first kappa shape index (κ1) is 12.2. The number of nitrogens with one attached hydrogen (secondary N) is 2. The Bertz CT molecular complexity index is 248. The molecule has 0 amide bonds. The lowest BCUT2D eigenvalue weighted by Crippen LogP contribution is -2.18. The van der Waals surface area contributed by atoms with Gasteiger partial charge in [0.1, 0.15) is 0 Å². The molecular weight excluding hydrogens is 184 g/mol. The van der Waals surface area contributed by atoms with Crippen LogP contribution in [0.15, 0.2) is 22.5 Å². The highest BCUT2D eigenvalue weighted by Gasteiger charge is 2.02. The van der Waals surface area contributed by atoms with Gasteiger partial charge >= 0.3 is 0 Å². The van der Waals surface area contributed by atoms with Crippen molar-refractivity contribution in [2.45, 2.75) is 47.0 Å². The summed E-state index contributed by atoms with van der Waals surface area (Å²) in [6, 6.07) is 0. The zero-order valence-corrected chi connectivity index (χ0v) is 10.5. The van der Waals surface area contributed by atoms with Gasteiger partial charge in [-0.05, 0) is 47.0 Å². The molecule has 0 aromatic heterocycles. The lowest BCUT2D eigenvalue weighted by Gasteiger charge is -2.15. The third-order valence-corrected chi connectivity index (χ3v) is 3.29. The Morgan fingerprint density at radius 1 is 0.733 bits per heavy atom. The van der Waals surface area contributed by atoms with Crippen LogP contribution in [0, 0.1) is 0 Å². The predicted octanol–water partition coefficient (Wildman–Crippen LogP) is 2.94. The molecular formula is C13H24N2. The van der Waals surface area contributed by atoms with E-state index in [0.717, 1.165) is 6.54 Å². The van der Waals surface area contributed by atoms with Crippen LogP contribution in [0.3, 0.4) is 0 Å². The maximum atomic E-state index is 3.31. The first-order valence-electron chi connectivity index (χ1n) is 5.91. The second kappa shape index (κ2) is 5.84. The van der Waals surface area contributed by atoms with Crippen LogP contribution in [0.5, 0.6) is 0 Å². The van der Waals surface area contributed by atoms with Crippen LogP contribution in [0.4, 0.5) is 0 Å². The lowest BCUT2D eigenvalue weighted by atomic mass is 10.1. The second-order valence-electron chi connectivity index (χ2n) is 4.52. The molecule has 2 heteroatoms. The highest BCUT2D eigenvalue weighted by atomic mass is 14.9. The van der Waals surface area contributed by atoms with Gasteiger partial charge in [0, 0.05) is 24.5 Å². The summed E-state index contributed by atoms with van der Waals surface area (Å²) >= 11 is 0. The lowest BCUT2D eigenvalue weighted by molar-refractivity contribution is 0.661. The number of hydrogen-bond donors (Lipinski definition) is 2. The van der Waals surface area contributed by atoms with Crippen LogP contribution in [0.1, 0.15) is 47.0 Å². The van der Waals surface area contributed by atoms with Crippen LogP contribution in [-0.2, 0) is 0 Å². The molecule has 86 valence electrons. The van der Waals surface area contributed by atoms with Crippen molar-refractivity contribution in [3.05, 3.63) is 22.5 Å². The van der Waals surface area contributed by atoms with Gasteiger partial charge in [-0.1, -0.05) is 11.1 Å². The van der Waals surface area contributed by atoms with E-state index >= 15 is 0 Å². The fourth-order valence-electron chi connectivity index (χ4n) is 1.74. The van der Waals surface area contributed by atoms with Crippen molar-refractivity contribution in [3.8, 4) is 0 Å². The maximum absolute atomic E-state index is 3.31. The van der Waals surface area contributed by atoms with Crippen LogP contribution in [0.2, 0.25) is 0 Å². The molecule has 0 aromatic carbocycles. The molecule has 2 aliphatic heterocycles. The molecule has 0 saturated carbocycles. The molecule has 2 heterocycles. The van der Waals surface area contributed by atoms with E-state index in [-0.39, 0.29) is 0 Å². The molecule has 2 rings (SSSR count). The molecule has 0 aromatic rings. The SMILES string of the molecule is CC1=C(C)NCC1.CC1=C(C)NCCC1. The van der Waals surface area contributed by atoms with Crippen LogP contribution in [-0.4, -0.2) is 13.1 Å². The Kier molecular flexibility index (Phi) is 4.73. The summed E-state index contributed by atoms with van der Waals surface area (Å²) in [7, 11) is 0. The molecule has 0 radical (unpaired) electrons. The fraction of sp³-hybridized carbons (Fsp3) is 0.692. The predicted molar refractivity (Wildman–Crippen MR) is 66.6 cm³/mol. The van der Waals surface area contributed by atoms with E-state index in [1.54, 1.807) is 0 Å². The molecule has 0 saturated heterocycles. The third kappa shape index (κ3) is 3.98. The molecule has 2 aliphatic rings. The van der Waals surface area contributed by atoms with Crippen molar-refractivity contribution in [1.29, 1.82) is 0 Å². The fourth-order valence-corrected chi connectivity index (χ4v) is 1.74. The van der Waals surface area contributed by atoms with Gasteiger partial charge in [0.05, 0.1) is 0 Å².